The molecule has 0 aromatic rings. The molecule has 3 amide bonds. The third-order valence-electron chi connectivity index (χ3n) is 23.8. The molecule has 20 nitrogen and oxygen atoms in total. The number of rotatable bonds is 3. The molecule has 10 atom stereocenters. The number of carbonyl (C=O) groups excluding carboxylic acids is 8. The molecule has 0 saturated heterocycles. The van der Waals surface area contributed by atoms with Crippen molar-refractivity contribution in [1.82, 2.24) is 16.0 Å². The van der Waals surface area contributed by atoms with Crippen LogP contribution in [0.4, 0.5) is 19.2 Å². The number of ketones is 3. The van der Waals surface area contributed by atoms with Gasteiger partial charge in [-0.15, -0.1) is 12.4 Å². The van der Waals surface area contributed by atoms with Gasteiger partial charge in [0, 0.05) is 70.1 Å². The van der Waals surface area contributed by atoms with Crippen molar-refractivity contribution in [2.75, 3.05) is 0 Å². The van der Waals surface area contributed by atoms with Crippen molar-refractivity contribution in [3.8, 4) is 12.1 Å². The summed E-state index contributed by atoms with van der Waals surface area (Å²) in [7, 11) is 0. The Balaban J connectivity index is 0.000000135. The van der Waals surface area contributed by atoms with Crippen molar-refractivity contribution in [1.29, 1.82) is 10.5 Å². The van der Waals surface area contributed by atoms with Gasteiger partial charge in [-0.05, 0) is 297 Å². The van der Waals surface area contributed by atoms with Gasteiger partial charge in [-0.2, -0.15) is 10.5 Å². The van der Waals surface area contributed by atoms with E-state index in [0.717, 1.165) is 134 Å². The first kappa shape index (κ1) is 74.2. The van der Waals surface area contributed by atoms with Crippen LogP contribution < -0.4 is 27.4 Å². The van der Waals surface area contributed by atoms with E-state index in [1.54, 1.807) is 48.5 Å². The molecule has 0 radical (unpaired) electrons. The molecule has 20 rings (SSSR count). The minimum atomic E-state index is -1.06. The van der Waals surface area contributed by atoms with Gasteiger partial charge in [0.15, 0.2) is 0 Å². The molecule has 21 heteroatoms. The van der Waals surface area contributed by atoms with Crippen LogP contribution in [0.1, 0.15) is 251 Å². The zero-order valence-corrected chi connectivity index (χ0v) is 60.1. The van der Waals surface area contributed by atoms with Crippen LogP contribution in [-0.4, -0.2) is 97.9 Å². The first-order chi connectivity index (χ1) is 43.5. The van der Waals surface area contributed by atoms with Gasteiger partial charge >= 0.3 is 24.5 Å². The molecule has 7 N–H and O–H groups in total. The van der Waals surface area contributed by atoms with Crippen molar-refractivity contribution in [2.24, 2.45) is 112 Å². The maximum atomic E-state index is 12.1. The Kier molecular flexibility index (Phi) is 21.3. The lowest BCUT2D eigenvalue weighted by atomic mass is 9.49. The topological polar surface area (TPSA) is 318 Å². The number of alkyl carbamates (subject to hydrolysis) is 2. The Morgan fingerprint density at radius 3 is 0.947 bits per heavy atom. The van der Waals surface area contributed by atoms with Crippen LogP contribution in [0, 0.1) is 123 Å². The highest BCUT2D eigenvalue weighted by Gasteiger charge is 2.60. The van der Waals surface area contributed by atoms with E-state index in [-0.39, 0.29) is 87.8 Å². The number of nitrogens with one attached hydrogen (secondary N) is 3. The molecule has 0 heterocycles. The molecule has 95 heavy (non-hydrogen) atoms. The number of halogens is 1. The third kappa shape index (κ3) is 18.1. The molecule has 10 unspecified atom stereocenters. The summed E-state index contributed by atoms with van der Waals surface area (Å²) < 4.78 is 24.6. The third-order valence-corrected chi connectivity index (χ3v) is 23.8. The quantitative estimate of drug-likeness (QED) is 0.0996. The van der Waals surface area contributed by atoms with Crippen LogP contribution in [0.25, 0.3) is 0 Å². The second kappa shape index (κ2) is 27.2. The van der Waals surface area contributed by atoms with E-state index in [9.17, 15) is 43.6 Å². The Labute approximate surface area is 570 Å². The van der Waals surface area contributed by atoms with Gasteiger partial charge in [0.1, 0.15) is 39.8 Å². The number of nitrogens with zero attached hydrogens (tertiary/aromatic N) is 2. The summed E-state index contributed by atoms with van der Waals surface area (Å²) in [4.78, 5) is 93.0. The van der Waals surface area contributed by atoms with Crippen LogP contribution in [0.5, 0.6) is 0 Å². The molecular formula is C74H114ClN7O13. The summed E-state index contributed by atoms with van der Waals surface area (Å²) in [5, 5.41) is 27.8. The van der Waals surface area contributed by atoms with Crippen LogP contribution in [0.15, 0.2) is 0 Å². The van der Waals surface area contributed by atoms with Gasteiger partial charge in [0.05, 0.1) is 24.0 Å². The lowest BCUT2D eigenvalue weighted by Gasteiger charge is -2.58. The Morgan fingerprint density at radius 1 is 0.389 bits per heavy atom. The number of Topliss-reactive ketones (excluding diaryl/α,β-unsaturated/α-hetero) is 3. The number of ether oxygens (including phenoxy) is 5. The Hall–Kier alpha value is -5.05. The minimum Gasteiger partial charge on any atom is -0.444 e. The maximum Gasteiger partial charge on any atom is 0.519 e. The highest BCUT2D eigenvalue weighted by molar-refractivity contribution is 5.88. The number of nitrogens with two attached hydrogens (primary N) is 2. The SMILES string of the molecule is CC(=O)NC12CC3CC(C1)C(=O)C(C3)C2.CC(C)(C)OC(=O)NC12CC3CC(C1)C(=O)C(C3)C2.CC(C)(C)OC(=O)NC12CC3CC(C1)C(C#N)C(C3)C2.CC(C)(C)OC(=O)OC(=O)OC(C)(C)C.Cl.N#CC1C2CC3CC1CC(N)(C3)C2.NC12CC3CC(C1)C(=O)C(C3)C2. The normalized spacial score (nSPS) is 41.3. The van der Waals surface area contributed by atoms with E-state index < -0.39 is 34.7 Å². The molecule has 0 aliphatic heterocycles. The van der Waals surface area contributed by atoms with Crippen molar-refractivity contribution in [2.45, 2.75) is 301 Å². The lowest BCUT2D eigenvalue weighted by Crippen LogP contribution is -2.63. The Morgan fingerprint density at radius 2 is 0.653 bits per heavy atom. The smallest absolute Gasteiger partial charge is 0.444 e. The fourth-order valence-electron chi connectivity index (χ4n) is 22.3. The molecule has 0 aromatic carbocycles. The number of hydrogen-bond acceptors (Lipinski definition) is 17. The molecular weight excluding hydrogens is 1230 g/mol. The van der Waals surface area contributed by atoms with Gasteiger partial charge in [-0.1, -0.05) is 0 Å². The first-order valence-electron chi connectivity index (χ1n) is 35.9. The van der Waals surface area contributed by atoms with Crippen LogP contribution in [-0.2, 0) is 42.9 Å². The van der Waals surface area contributed by atoms with Gasteiger partial charge in [0.2, 0.25) is 5.91 Å². The highest BCUT2D eigenvalue weighted by atomic mass is 35.5. The monoisotopic (exact) mass is 1340 g/mol. The number of nitriles is 2. The fraction of sp³-hybridized carbons (Fsp3) is 0.865. The van der Waals surface area contributed by atoms with E-state index in [2.05, 4.69) is 32.8 Å². The molecule has 20 aliphatic carbocycles. The first-order valence-corrected chi connectivity index (χ1v) is 35.9. The van der Waals surface area contributed by atoms with Crippen molar-refractivity contribution in [3.05, 3.63) is 0 Å². The fourth-order valence-corrected chi connectivity index (χ4v) is 22.3. The minimum absolute atomic E-state index is 0. The lowest BCUT2D eigenvalue weighted by molar-refractivity contribution is -0.145. The van der Waals surface area contributed by atoms with Gasteiger partial charge in [0.25, 0.3) is 0 Å². The van der Waals surface area contributed by atoms with Gasteiger partial charge in [-0.25, -0.2) is 19.2 Å². The Bertz CT molecular complexity index is 2910. The zero-order chi connectivity index (χ0) is 68.7. The predicted octanol–water partition coefficient (Wildman–Crippen LogP) is 13.2. The number of hydrogen-bond donors (Lipinski definition) is 5. The average Bonchev–Trinajstić information content (AvgIpc) is 0.766. The van der Waals surface area contributed by atoms with E-state index in [1.165, 1.54) is 38.5 Å². The predicted molar refractivity (Wildman–Crippen MR) is 356 cm³/mol. The van der Waals surface area contributed by atoms with E-state index in [1.807, 2.05) is 41.5 Å². The largest absolute Gasteiger partial charge is 0.519 e. The summed E-state index contributed by atoms with van der Waals surface area (Å²) in [6.45, 7) is 22.9. The van der Waals surface area contributed by atoms with E-state index in [4.69, 9.17) is 35.7 Å². The molecule has 20 fully saturated rings. The second-order valence-electron chi connectivity index (χ2n) is 37.0. The molecule has 20 aliphatic rings. The second-order valence-corrected chi connectivity index (χ2v) is 37.0. The number of amides is 3. The maximum absolute atomic E-state index is 12.1. The van der Waals surface area contributed by atoms with Crippen LogP contribution >= 0.6 is 12.4 Å². The zero-order valence-electron chi connectivity index (χ0n) is 59.3. The van der Waals surface area contributed by atoms with E-state index >= 15 is 0 Å². The van der Waals surface area contributed by atoms with E-state index in [0.29, 0.717) is 76.5 Å². The summed E-state index contributed by atoms with van der Waals surface area (Å²) >= 11 is 0. The standard InChI is InChI=1S/C16H24N2O2.C15H23NO3.C12H17NO2.C11H16N2.C10H15NO.C10H18O5.ClH/c1-15(2,3)20-14(19)18-16-6-10-4-11(7-16)13(9-17)12(5-10)8-16;1-14(2,3)19-13(18)16-15-6-9-4-10(7-15)12(17)11(5-9)8-15;1-7(14)13-12-4-8-2-9(5-12)11(15)10(3-8)6-12;12-6-10-8-1-7-2-9(10)5-11(13,3-7)4-8;11-10-3-6-1-7(4-10)9(12)8(2-6)5-10;1-9(2,3)14-7(11)13-8(12)15-10(4,5)6;/h10-13H,4-8H2,1-3H3,(H,18,19);9-11H,4-8H2,1-3H3,(H,16,18);8-10H,2-6H2,1H3,(H,13,14);7-10H,1-5,13H2;6-8H,1-5,11H2;1-6H3;1H. The number of carbonyl (C=O) groups is 8. The molecule has 0 spiro atoms. The summed E-state index contributed by atoms with van der Waals surface area (Å²) in [5.74, 6) is 9.48. The van der Waals surface area contributed by atoms with Crippen molar-refractivity contribution in [3.63, 3.8) is 0 Å². The van der Waals surface area contributed by atoms with Gasteiger partial charge < -0.3 is 51.1 Å². The summed E-state index contributed by atoms with van der Waals surface area (Å²) in [5.41, 5.74) is 10.1. The summed E-state index contributed by atoms with van der Waals surface area (Å²) in [6, 6.07) is 5.02. The van der Waals surface area contributed by atoms with Crippen molar-refractivity contribution >= 4 is 60.2 Å². The van der Waals surface area contributed by atoms with Gasteiger partial charge in [-0.3, -0.25) is 19.2 Å². The molecule has 20 saturated carbocycles. The highest BCUT2D eigenvalue weighted by Crippen LogP contribution is 2.60. The average molecular weight is 1350 g/mol. The van der Waals surface area contributed by atoms with Crippen LogP contribution in [0.3, 0.4) is 0 Å². The van der Waals surface area contributed by atoms with Crippen molar-refractivity contribution < 1.29 is 62.0 Å². The summed E-state index contributed by atoms with van der Waals surface area (Å²) in [6.07, 6.45) is 23.9. The molecule has 20 bridgehead atoms. The molecule has 0 aromatic heterocycles. The van der Waals surface area contributed by atoms with Crippen LogP contribution in [0.2, 0.25) is 0 Å². The molecule has 530 valence electrons.